The molecule has 0 N–H and O–H groups in total. The molecule has 0 atom stereocenters. The fourth-order valence-electron chi connectivity index (χ4n) is 2.90. The second kappa shape index (κ2) is 8.21. The van der Waals surface area contributed by atoms with E-state index in [1.807, 2.05) is 12.1 Å². The van der Waals surface area contributed by atoms with Gasteiger partial charge in [0.25, 0.3) is 0 Å². The number of rotatable bonds is 7. The number of benzene rings is 1. The number of carbonyl (C=O) groups is 1. The highest BCUT2D eigenvalue weighted by atomic mass is 16.5. The second-order valence-electron chi connectivity index (χ2n) is 5.89. The molecule has 20 heavy (non-hydrogen) atoms. The first-order valence-corrected chi connectivity index (χ1v) is 7.99. The van der Waals surface area contributed by atoms with Crippen LogP contribution in [-0.4, -0.2) is 19.0 Å². The molecule has 2 rings (SSSR count). The third-order valence-corrected chi connectivity index (χ3v) is 4.13. The molecule has 1 saturated carbocycles. The molecule has 0 saturated heterocycles. The molecule has 1 fully saturated rings. The van der Waals surface area contributed by atoms with Crippen LogP contribution in [0.4, 0.5) is 0 Å². The zero-order valence-electron chi connectivity index (χ0n) is 12.6. The highest BCUT2D eigenvalue weighted by molar-refractivity contribution is 5.97. The maximum absolute atomic E-state index is 12.0. The molecule has 0 spiro atoms. The SMILES string of the molecule is CCCc1ccc(C(=O)COCC2CCCCC2)cc1. The molecular formula is C18H26O2. The topological polar surface area (TPSA) is 26.3 Å². The van der Waals surface area contributed by atoms with Gasteiger partial charge in [0, 0.05) is 5.56 Å². The molecule has 110 valence electrons. The van der Waals surface area contributed by atoms with Crippen molar-refractivity contribution in [2.75, 3.05) is 13.2 Å². The number of ketones is 1. The summed E-state index contributed by atoms with van der Waals surface area (Å²) in [6, 6.07) is 7.96. The molecule has 1 aliphatic carbocycles. The van der Waals surface area contributed by atoms with Gasteiger partial charge in [-0.15, -0.1) is 0 Å². The van der Waals surface area contributed by atoms with E-state index in [4.69, 9.17) is 4.74 Å². The largest absolute Gasteiger partial charge is 0.373 e. The summed E-state index contributed by atoms with van der Waals surface area (Å²) in [5.41, 5.74) is 2.07. The van der Waals surface area contributed by atoms with Gasteiger partial charge in [-0.25, -0.2) is 0 Å². The van der Waals surface area contributed by atoms with Gasteiger partial charge in [-0.05, 0) is 30.7 Å². The summed E-state index contributed by atoms with van der Waals surface area (Å²) in [5, 5.41) is 0. The lowest BCUT2D eigenvalue weighted by molar-refractivity contribution is 0.0628. The van der Waals surface area contributed by atoms with Crippen LogP contribution in [0.2, 0.25) is 0 Å². The standard InChI is InChI=1S/C18H26O2/c1-2-6-15-9-11-17(12-10-15)18(19)14-20-13-16-7-4-3-5-8-16/h9-12,16H,2-8,13-14H2,1H3. The lowest BCUT2D eigenvalue weighted by Gasteiger charge is -2.21. The van der Waals surface area contributed by atoms with E-state index in [1.165, 1.54) is 37.7 Å². The first-order chi connectivity index (χ1) is 9.79. The summed E-state index contributed by atoms with van der Waals surface area (Å²) in [5.74, 6) is 0.771. The van der Waals surface area contributed by atoms with Crippen molar-refractivity contribution in [1.29, 1.82) is 0 Å². The van der Waals surface area contributed by atoms with Crippen molar-refractivity contribution in [2.45, 2.75) is 51.9 Å². The van der Waals surface area contributed by atoms with Crippen LogP contribution in [0.1, 0.15) is 61.4 Å². The number of Topliss-reactive ketones (excluding diaryl/α,β-unsaturated/α-hetero) is 1. The Hall–Kier alpha value is -1.15. The normalized spacial score (nSPS) is 16.2. The molecule has 2 heteroatoms. The monoisotopic (exact) mass is 274 g/mol. The molecule has 0 amide bonds. The van der Waals surface area contributed by atoms with Crippen LogP contribution in [0.25, 0.3) is 0 Å². The number of aryl methyl sites for hydroxylation is 1. The minimum Gasteiger partial charge on any atom is -0.373 e. The maximum Gasteiger partial charge on any atom is 0.188 e. The van der Waals surface area contributed by atoms with E-state index in [0.717, 1.165) is 25.0 Å². The average molecular weight is 274 g/mol. The van der Waals surface area contributed by atoms with Crippen LogP contribution in [0.5, 0.6) is 0 Å². The summed E-state index contributed by atoms with van der Waals surface area (Å²) in [4.78, 5) is 12.0. The van der Waals surface area contributed by atoms with Crippen LogP contribution >= 0.6 is 0 Å². The van der Waals surface area contributed by atoms with E-state index >= 15 is 0 Å². The van der Waals surface area contributed by atoms with Gasteiger partial charge in [0.15, 0.2) is 5.78 Å². The Morgan fingerprint density at radius 1 is 1.15 bits per heavy atom. The van der Waals surface area contributed by atoms with Gasteiger partial charge in [0.05, 0.1) is 6.61 Å². The van der Waals surface area contributed by atoms with Gasteiger partial charge in [0.2, 0.25) is 0 Å². The van der Waals surface area contributed by atoms with Crippen LogP contribution in [0, 0.1) is 5.92 Å². The van der Waals surface area contributed by atoms with E-state index in [-0.39, 0.29) is 12.4 Å². The van der Waals surface area contributed by atoms with Crippen molar-refractivity contribution in [1.82, 2.24) is 0 Å². The Morgan fingerprint density at radius 2 is 1.85 bits per heavy atom. The highest BCUT2D eigenvalue weighted by Crippen LogP contribution is 2.23. The van der Waals surface area contributed by atoms with Gasteiger partial charge in [-0.1, -0.05) is 56.9 Å². The van der Waals surface area contributed by atoms with Crippen LogP contribution in [0.15, 0.2) is 24.3 Å². The predicted octanol–water partition coefficient (Wildman–Crippen LogP) is 4.42. The molecular weight excluding hydrogens is 248 g/mol. The highest BCUT2D eigenvalue weighted by Gasteiger charge is 2.14. The smallest absolute Gasteiger partial charge is 0.188 e. The third-order valence-electron chi connectivity index (χ3n) is 4.13. The molecule has 1 aromatic rings. The Morgan fingerprint density at radius 3 is 2.50 bits per heavy atom. The van der Waals surface area contributed by atoms with E-state index in [0.29, 0.717) is 5.92 Å². The van der Waals surface area contributed by atoms with Crippen molar-refractivity contribution in [3.8, 4) is 0 Å². The molecule has 0 unspecified atom stereocenters. The van der Waals surface area contributed by atoms with Gasteiger partial charge in [-0.2, -0.15) is 0 Å². The number of hydrogen-bond acceptors (Lipinski definition) is 2. The minimum absolute atomic E-state index is 0.101. The van der Waals surface area contributed by atoms with Crippen LogP contribution in [-0.2, 0) is 11.2 Å². The summed E-state index contributed by atoms with van der Waals surface area (Å²) in [6.45, 7) is 3.14. The molecule has 0 bridgehead atoms. The quantitative estimate of drug-likeness (QED) is 0.688. The lowest BCUT2D eigenvalue weighted by Crippen LogP contribution is -2.17. The Labute approximate surface area is 122 Å². The zero-order chi connectivity index (χ0) is 14.2. The fraction of sp³-hybridized carbons (Fsp3) is 0.611. The van der Waals surface area contributed by atoms with Gasteiger partial charge in [-0.3, -0.25) is 4.79 Å². The van der Waals surface area contributed by atoms with E-state index in [2.05, 4.69) is 19.1 Å². The van der Waals surface area contributed by atoms with Crippen molar-refractivity contribution in [3.63, 3.8) is 0 Å². The van der Waals surface area contributed by atoms with Crippen molar-refractivity contribution in [2.24, 2.45) is 5.92 Å². The predicted molar refractivity (Wildman–Crippen MR) is 82.2 cm³/mol. The van der Waals surface area contributed by atoms with Crippen LogP contribution in [0.3, 0.4) is 0 Å². The summed E-state index contributed by atoms with van der Waals surface area (Å²) < 4.78 is 5.62. The van der Waals surface area contributed by atoms with E-state index in [9.17, 15) is 4.79 Å². The molecule has 0 aliphatic heterocycles. The third kappa shape index (κ3) is 4.75. The number of carbonyl (C=O) groups excluding carboxylic acids is 1. The van der Waals surface area contributed by atoms with Gasteiger partial charge < -0.3 is 4.74 Å². The van der Waals surface area contributed by atoms with E-state index < -0.39 is 0 Å². The molecule has 0 aromatic heterocycles. The number of ether oxygens (including phenoxy) is 1. The average Bonchev–Trinajstić information content (AvgIpc) is 2.49. The summed E-state index contributed by atoms with van der Waals surface area (Å²) in [6.07, 6.45) is 8.74. The molecule has 1 aromatic carbocycles. The fourth-order valence-corrected chi connectivity index (χ4v) is 2.90. The van der Waals surface area contributed by atoms with Gasteiger partial charge >= 0.3 is 0 Å². The maximum atomic E-state index is 12.0. The lowest BCUT2D eigenvalue weighted by atomic mass is 9.90. The van der Waals surface area contributed by atoms with E-state index in [1.54, 1.807) is 0 Å². The van der Waals surface area contributed by atoms with Crippen LogP contribution < -0.4 is 0 Å². The Bertz CT molecular complexity index is 402. The molecule has 2 nitrogen and oxygen atoms in total. The first kappa shape index (κ1) is 15.2. The summed E-state index contributed by atoms with van der Waals surface area (Å²) in [7, 11) is 0. The van der Waals surface area contributed by atoms with Gasteiger partial charge in [0.1, 0.15) is 6.61 Å². The Balaban J connectivity index is 1.73. The zero-order valence-corrected chi connectivity index (χ0v) is 12.6. The molecule has 0 radical (unpaired) electrons. The molecule has 0 heterocycles. The number of hydrogen-bond donors (Lipinski definition) is 0. The molecule has 1 aliphatic rings. The summed E-state index contributed by atoms with van der Waals surface area (Å²) >= 11 is 0. The second-order valence-corrected chi connectivity index (χ2v) is 5.89. The van der Waals surface area contributed by atoms with Crippen molar-refractivity contribution >= 4 is 5.78 Å². The minimum atomic E-state index is 0.101. The Kier molecular flexibility index (Phi) is 6.25. The van der Waals surface area contributed by atoms with Crippen molar-refractivity contribution in [3.05, 3.63) is 35.4 Å². The first-order valence-electron chi connectivity index (χ1n) is 7.99. The van der Waals surface area contributed by atoms with Crippen molar-refractivity contribution < 1.29 is 9.53 Å².